The minimum atomic E-state index is -1.19. The van der Waals surface area contributed by atoms with Crippen molar-refractivity contribution in [2.75, 3.05) is 5.73 Å². The molecule has 0 bridgehead atoms. The van der Waals surface area contributed by atoms with Crippen LogP contribution in [-0.2, 0) is 6.54 Å². The number of aromatic nitrogens is 1. The lowest BCUT2D eigenvalue weighted by molar-refractivity contribution is 0.0694. The number of fused-ring (bicyclic) bond motifs is 1. The van der Waals surface area contributed by atoms with E-state index >= 15 is 0 Å². The first-order valence-corrected chi connectivity index (χ1v) is 8.93. The molecule has 0 amide bonds. The number of benzene rings is 1. The summed E-state index contributed by atoms with van der Waals surface area (Å²) in [4.78, 5) is 24.2. The number of pyridine rings is 2. The van der Waals surface area contributed by atoms with E-state index < -0.39 is 11.5 Å². The molecule has 0 spiro atoms. The summed E-state index contributed by atoms with van der Waals surface area (Å²) >= 11 is 0. The van der Waals surface area contributed by atoms with Gasteiger partial charge in [-0.25, -0.2) is 4.79 Å². The van der Waals surface area contributed by atoms with Gasteiger partial charge in [-0.05, 0) is 77.8 Å². The number of hydrogen-bond donors (Lipinski definition) is 3. The van der Waals surface area contributed by atoms with Gasteiger partial charge in [-0.3, -0.25) is 9.20 Å². The Morgan fingerprint density at radius 2 is 2.00 bits per heavy atom. The van der Waals surface area contributed by atoms with Gasteiger partial charge in [0.25, 0.3) is 5.56 Å². The van der Waals surface area contributed by atoms with Crippen LogP contribution < -0.4 is 17.0 Å². The van der Waals surface area contributed by atoms with E-state index in [0.717, 1.165) is 46.2 Å². The van der Waals surface area contributed by atoms with Gasteiger partial charge in [0.2, 0.25) is 0 Å². The van der Waals surface area contributed by atoms with E-state index in [4.69, 9.17) is 11.5 Å². The summed E-state index contributed by atoms with van der Waals surface area (Å²) in [6.07, 6.45) is 3.68. The number of carboxylic acid groups (broad SMARTS) is 1. The van der Waals surface area contributed by atoms with Gasteiger partial charge in [0.15, 0.2) is 0 Å². The van der Waals surface area contributed by atoms with Gasteiger partial charge < -0.3 is 16.6 Å². The Kier molecular flexibility index (Phi) is 4.00. The van der Waals surface area contributed by atoms with Crippen LogP contribution in [0.25, 0.3) is 16.6 Å². The van der Waals surface area contributed by atoms with Crippen molar-refractivity contribution in [3.05, 3.63) is 69.1 Å². The second kappa shape index (κ2) is 6.25. The zero-order valence-corrected chi connectivity index (χ0v) is 15.0. The smallest absolute Gasteiger partial charge is 0.341 e. The first kappa shape index (κ1) is 17.3. The summed E-state index contributed by atoms with van der Waals surface area (Å²) in [6.45, 7) is 2.32. The minimum Gasteiger partial charge on any atom is -0.477 e. The van der Waals surface area contributed by atoms with Crippen molar-refractivity contribution in [2.24, 2.45) is 5.73 Å². The highest BCUT2D eigenvalue weighted by molar-refractivity contribution is 5.89. The van der Waals surface area contributed by atoms with Gasteiger partial charge in [-0.15, -0.1) is 0 Å². The molecule has 6 nitrogen and oxygen atoms in total. The summed E-state index contributed by atoms with van der Waals surface area (Å²) in [7, 11) is 0. The number of carbonyl (C=O) groups is 1. The molecule has 3 aromatic rings. The first-order chi connectivity index (χ1) is 12.9. The maximum atomic E-state index is 12.7. The molecule has 1 aliphatic carbocycles. The molecule has 1 aliphatic rings. The highest BCUT2D eigenvalue weighted by Gasteiger charge is 2.29. The Morgan fingerprint density at radius 1 is 1.26 bits per heavy atom. The van der Waals surface area contributed by atoms with Crippen LogP contribution in [0.1, 0.15) is 45.8 Å². The molecule has 0 atom stereocenters. The van der Waals surface area contributed by atoms with Crippen molar-refractivity contribution >= 4 is 17.2 Å². The number of carboxylic acids is 1. The van der Waals surface area contributed by atoms with Crippen LogP contribution in [-0.4, -0.2) is 15.5 Å². The van der Waals surface area contributed by atoms with Crippen LogP contribution in [0.5, 0.6) is 0 Å². The molecule has 2 heterocycles. The van der Waals surface area contributed by atoms with Gasteiger partial charge in [0, 0.05) is 18.4 Å². The van der Waals surface area contributed by atoms with E-state index in [9.17, 15) is 14.7 Å². The van der Waals surface area contributed by atoms with Crippen molar-refractivity contribution in [1.82, 2.24) is 4.40 Å². The van der Waals surface area contributed by atoms with Crippen molar-refractivity contribution in [2.45, 2.75) is 32.2 Å². The lowest BCUT2D eigenvalue weighted by atomic mass is 9.95. The largest absolute Gasteiger partial charge is 0.477 e. The van der Waals surface area contributed by atoms with Crippen LogP contribution in [0, 0.1) is 6.92 Å². The summed E-state index contributed by atoms with van der Waals surface area (Å²) < 4.78 is 1.47. The number of aryl methyl sites for hydroxylation is 1. The van der Waals surface area contributed by atoms with Crippen molar-refractivity contribution in [1.29, 1.82) is 0 Å². The SMILES string of the molecule is Cc1c(-c2ccc(N)c(CN)c2)ccn2c(=O)c(C(=O)O)cc(C3CC3)c12. The summed E-state index contributed by atoms with van der Waals surface area (Å²) in [5, 5.41) is 9.40. The minimum absolute atomic E-state index is 0.181. The maximum Gasteiger partial charge on any atom is 0.341 e. The second-order valence-corrected chi connectivity index (χ2v) is 7.09. The molecule has 1 fully saturated rings. The molecule has 27 heavy (non-hydrogen) atoms. The quantitative estimate of drug-likeness (QED) is 0.617. The maximum absolute atomic E-state index is 12.7. The molecule has 1 saturated carbocycles. The third-order valence-electron chi connectivity index (χ3n) is 5.33. The number of anilines is 1. The van der Waals surface area contributed by atoms with Crippen molar-refractivity contribution in [3.8, 4) is 11.1 Å². The number of nitrogens with zero attached hydrogens (tertiary/aromatic N) is 1. The van der Waals surface area contributed by atoms with Gasteiger partial charge in [-0.1, -0.05) is 6.07 Å². The predicted molar refractivity (Wildman–Crippen MR) is 105 cm³/mol. The zero-order valence-electron chi connectivity index (χ0n) is 15.0. The fourth-order valence-electron chi connectivity index (χ4n) is 3.72. The van der Waals surface area contributed by atoms with Gasteiger partial charge in [0.1, 0.15) is 5.56 Å². The summed E-state index contributed by atoms with van der Waals surface area (Å²) in [5.41, 5.74) is 17.2. The van der Waals surface area contributed by atoms with E-state index in [-0.39, 0.29) is 5.56 Å². The number of nitrogen functional groups attached to an aromatic ring is 1. The molecule has 6 heteroatoms. The van der Waals surface area contributed by atoms with Gasteiger partial charge in [0.05, 0.1) is 5.52 Å². The Labute approximate surface area is 156 Å². The van der Waals surface area contributed by atoms with E-state index in [2.05, 4.69) is 0 Å². The van der Waals surface area contributed by atoms with E-state index in [1.807, 2.05) is 31.2 Å². The topological polar surface area (TPSA) is 111 Å². The van der Waals surface area contributed by atoms with Crippen LogP contribution in [0.2, 0.25) is 0 Å². The van der Waals surface area contributed by atoms with E-state index in [0.29, 0.717) is 18.2 Å². The molecule has 0 saturated heterocycles. The lowest BCUT2D eigenvalue weighted by Gasteiger charge is -2.16. The Hall–Kier alpha value is -3.12. The fraction of sp³-hybridized carbons (Fsp3) is 0.238. The molecular formula is C21H21N3O3. The Balaban J connectivity index is 2.02. The highest BCUT2D eigenvalue weighted by atomic mass is 16.4. The number of rotatable bonds is 4. The molecule has 0 aliphatic heterocycles. The Morgan fingerprint density at radius 3 is 2.63 bits per heavy atom. The summed E-state index contributed by atoms with van der Waals surface area (Å²) in [6, 6.07) is 9.14. The average Bonchev–Trinajstić information content (AvgIpc) is 3.48. The van der Waals surface area contributed by atoms with E-state index in [1.165, 1.54) is 4.40 Å². The van der Waals surface area contributed by atoms with Crippen LogP contribution in [0.15, 0.2) is 41.3 Å². The lowest BCUT2D eigenvalue weighted by Crippen LogP contribution is -2.23. The van der Waals surface area contributed by atoms with Gasteiger partial charge in [-0.2, -0.15) is 0 Å². The monoisotopic (exact) mass is 363 g/mol. The second-order valence-electron chi connectivity index (χ2n) is 7.09. The standard InChI is InChI=1S/C21H21N3O3/c1-11-15(13-4-5-18(23)14(8-13)10-22)6-7-24-19(11)16(12-2-3-12)9-17(20(24)25)21(26)27/h4-9,12H,2-3,10,22-23H2,1H3,(H,26,27). The third-order valence-corrected chi connectivity index (χ3v) is 5.33. The highest BCUT2D eigenvalue weighted by Crippen LogP contribution is 2.43. The Bertz CT molecular complexity index is 1140. The average molecular weight is 363 g/mol. The molecule has 138 valence electrons. The fourth-order valence-corrected chi connectivity index (χ4v) is 3.72. The van der Waals surface area contributed by atoms with Gasteiger partial charge >= 0.3 is 5.97 Å². The van der Waals surface area contributed by atoms with Crippen molar-refractivity contribution in [3.63, 3.8) is 0 Å². The normalized spacial score (nSPS) is 13.9. The molecule has 1 aromatic carbocycles. The molecule has 2 aromatic heterocycles. The number of hydrogen-bond acceptors (Lipinski definition) is 4. The third kappa shape index (κ3) is 2.78. The molecule has 0 radical (unpaired) electrons. The predicted octanol–water partition coefficient (Wildman–Crippen LogP) is 2.89. The molecular weight excluding hydrogens is 342 g/mol. The summed E-state index contributed by atoms with van der Waals surface area (Å²) in [5.74, 6) is -0.886. The molecule has 5 N–H and O–H groups in total. The number of aromatic carboxylic acids is 1. The van der Waals surface area contributed by atoms with Crippen molar-refractivity contribution < 1.29 is 9.90 Å². The van der Waals surface area contributed by atoms with Crippen LogP contribution >= 0.6 is 0 Å². The van der Waals surface area contributed by atoms with Crippen LogP contribution in [0.4, 0.5) is 5.69 Å². The van der Waals surface area contributed by atoms with E-state index in [1.54, 1.807) is 12.3 Å². The first-order valence-electron chi connectivity index (χ1n) is 8.93. The van der Waals surface area contributed by atoms with Crippen LogP contribution in [0.3, 0.4) is 0 Å². The molecule has 0 unspecified atom stereocenters. The zero-order chi connectivity index (χ0) is 19.3. The molecule has 4 rings (SSSR count). The number of nitrogens with two attached hydrogens (primary N) is 2.